The normalized spacial score (nSPS) is 15.2. The molecule has 1 fully saturated rings. The maximum absolute atomic E-state index is 6.07. The molecule has 1 aliphatic carbocycles. The van der Waals surface area contributed by atoms with E-state index in [1.54, 1.807) is 18.7 Å². The lowest BCUT2D eigenvalue weighted by Crippen LogP contribution is -2.11. The van der Waals surface area contributed by atoms with Gasteiger partial charge in [-0.25, -0.2) is 4.98 Å². The van der Waals surface area contributed by atoms with Crippen LogP contribution in [0.3, 0.4) is 0 Å². The summed E-state index contributed by atoms with van der Waals surface area (Å²) in [7, 11) is 1.65. The molecule has 0 atom stereocenters. The summed E-state index contributed by atoms with van der Waals surface area (Å²) >= 11 is 1.41. The molecule has 7 heteroatoms. The number of benzene rings is 1. The van der Waals surface area contributed by atoms with Crippen molar-refractivity contribution in [2.24, 2.45) is 5.10 Å². The number of nitrogens with zero attached hydrogens (tertiary/aromatic N) is 2. The highest BCUT2D eigenvalue weighted by Crippen LogP contribution is 2.32. The van der Waals surface area contributed by atoms with Gasteiger partial charge >= 0.3 is 0 Å². The number of methoxy groups -OCH3 is 1. The zero-order chi connectivity index (χ0) is 16.1. The van der Waals surface area contributed by atoms with Crippen LogP contribution < -0.4 is 20.6 Å². The van der Waals surface area contributed by atoms with Crippen molar-refractivity contribution < 1.29 is 9.47 Å². The molecule has 0 saturated heterocycles. The van der Waals surface area contributed by atoms with E-state index in [9.17, 15) is 0 Å². The summed E-state index contributed by atoms with van der Waals surface area (Å²) in [4.78, 5) is 4.08. The highest BCUT2D eigenvalue weighted by molar-refractivity contribution is 7.14. The Labute approximate surface area is 139 Å². The number of aromatic nitrogens is 1. The number of thiazole rings is 1. The van der Waals surface area contributed by atoms with Gasteiger partial charge in [-0.15, -0.1) is 11.3 Å². The van der Waals surface area contributed by atoms with E-state index in [2.05, 4.69) is 15.5 Å². The van der Waals surface area contributed by atoms with Crippen LogP contribution >= 0.6 is 11.3 Å². The number of hydrogen-bond donors (Lipinski definition) is 2. The number of anilines is 2. The Kier molecular flexibility index (Phi) is 4.97. The Morgan fingerprint density at radius 1 is 1.35 bits per heavy atom. The Balaban J connectivity index is 1.68. The molecule has 6 nitrogen and oxygen atoms in total. The van der Waals surface area contributed by atoms with Gasteiger partial charge in [0.25, 0.3) is 0 Å². The molecule has 1 aliphatic rings. The average molecular weight is 332 g/mol. The Morgan fingerprint density at radius 3 is 2.87 bits per heavy atom. The topological polar surface area (TPSA) is 81.8 Å². The van der Waals surface area contributed by atoms with Crippen LogP contribution in [0.2, 0.25) is 0 Å². The van der Waals surface area contributed by atoms with Crippen molar-refractivity contribution in [2.45, 2.75) is 31.8 Å². The molecular formula is C16H20N4O2S. The maximum atomic E-state index is 6.07. The third kappa shape index (κ3) is 4.13. The van der Waals surface area contributed by atoms with E-state index in [4.69, 9.17) is 15.2 Å². The number of hydrogen-bond acceptors (Lipinski definition) is 7. The van der Waals surface area contributed by atoms with Gasteiger partial charge in [-0.2, -0.15) is 5.10 Å². The summed E-state index contributed by atoms with van der Waals surface area (Å²) in [6.45, 7) is 0. The van der Waals surface area contributed by atoms with Crippen LogP contribution in [-0.4, -0.2) is 24.4 Å². The fourth-order valence-electron chi connectivity index (χ4n) is 2.55. The largest absolute Gasteiger partial charge is 0.493 e. The first kappa shape index (κ1) is 15.6. The molecular weight excluding hydrogens is 312 g/mol. The Morgan fingerprint density at radius 2 is 2.17 bits per heavy atom. The van der Waals surface area contributed by atoms with Crippen molar-refractivity contribution >= 4 is 28.5 Å². The minimum absolute atomic E-state index is 0.285. The number of nitrogens with two attached hydrogens (primary N) is 1. The predicted molar refractivity (Wildman–Crippen MR) is 93.6 cm³/mol. The highest BCUT2D eigenvalue weighted by Gasteiger charge is 2.18. The smallest absolute Gasteiger partial charge is 0.205 e. The molecule has 1 saturated carbocycles. The van der Waals surface area contributed by atoms with Crippen LogP contribution in [0.5, 0.6) is 11.5 Å². The first-order valence-corrected chi connectivity index (χ1v) is 8.47. The van der Waals surface area contributed by atoms with E-state index < -0.39 is 0 Å². The average Bonchev–Trinajstić information content (AvgIpc) is 3.20. The molecule has 1 aromatic heterocycles. The van der Waals surface area contributed by atoms with Gasteiger partial charge in [-0.1, -0.05) is 0 Å². The van der Waals surface area contributed by atoms with Gasteiger partial charge in [0.05, 0.1) is 19.4 Å². The lowest BCUT2D eigenvalue weighted by molar-refractivity contribution is 0.201. The van der Waals surface area contributed by atoms with Crippen LogP contribution in [0.1, 0.15) is 31.2 Å². The van der Waals surface area contributed by atoms with Gasteiger partial charge in [0.1, 0.15) is 5.82 Å². The van der Waals surface area contributed by atoms with E-state index in [1.165, 1.54) is 24.2 Å². The van der Waals surface area contributed by atoms with Gasteiger partial charge in [-0.3, -0.25) is 5.43 Å². The van der Waals surface area contributed by atoms with Gasteiger partial charge in [0.15, 0.2) is 11.5 Å². The van der Waals surface area contributed by atoms with Crippen LogP contribution in [-0.2, 0) is 0 Å². The number of nitrogens with one attached hydrogen (secondary N) is 1. The van der Waals surface area contributed by atoms with Crippen molar-refractivity contribution in [3.63, 3.8) is 0 Å². The molecule has 3 N–H and O–H groups in total. The van der Waals surface area contributed by atoms with Gasteiger partial charge in [0, 0.05) is 5.38 Å². The first-order valence-electron chi connectivity index (χ1n) is 7.59. The molecule has 0 bridgehead atoms. The quantitative estimate of drug-likeness (QED) is 0.625. The minimum Gasteiger partial charge on any atom is -0.493 e. The van der Waals surface area contributed by atoms with Crippen LogP contribution in [0.4, 0.5) is 10.9 Å². The standard InChI is InChI=1S/C16H20N4O2S/c1-21-13-7-6-11(8-14(13)22-12-4-2-3-5-12)9-18-20-16-19-15(17)10-23-16/h6-10,12H,2-5,17H2,1H3,(H,19,20). The first-order chi connectivity index (χ1) is 11.2. The molecule has 1 aromatic carbocycles. The second-order valence-electron chi connectivity index (χ2n) is 5.38. The summed E-state index contributed by atoms with van der Waals surface area (Å²) in [5, 5.41) is 6.60. The molecule has 0 aliphatic heterocycles. The van der Waals surface area contributed by atoms with Crippen molar-refractivity contribution in [1.82, 2.24) is 4.98 Å². The SMILES string of the molecule is COc1ccc(C=NNc2nc(N)cs2)cc1OC1CCCC1. The number of rotatable bonds is 6. The van der Waals surface area contributed by atoms with Crippen LogP contribution in [0.15, 0.2) is 28.7 Å². The van der Waals surface area contributed by atoms with Gasteiger partial charge in [0.2, 0.25) is 5.13 Å². The van der Waals surface area contributed by atoms with Crippen molar-refractivity contribution in [2.75, 3.05) is 18.3 Å². The van der Waals surface area contributed by atoms with E-state index in [-0.39, 0.29) is 6.10 Å². The zero-order valence-electron chi connectivity index (χ0n) is 13.0. The fourth-order valence-corrected chi connectivity index (χ4v) is 3.10. The van der Waals surface area contributed by atoms with E-state index in [1.807, 2.05) is 18.2 Å². The van der Waals surface area contributed by atoms with E-state index >= 15 is 0 Å². The molecule has 0 spiro atoms. The van der Waals surface area contributed by atoms with Crippen LogP contribution in [0, 0.1) is 0 Å². The summed E-state index contributed by atoms with van der Waals surface area (Å²) < 4.78 is 11.5. The van der Waals surface area contributed by atoms with Crippen molar-refractivity contribution in [1.29, 1.82) is 0 Å². The lowest BCUT2D eigenvalue weighted by Gasteiger charge is -2.16. The second-order valence-corrected chi connectivity index (χ2v) is 6.24. The monoisotopic (exact) mass is 332 g/mol. The molecule has 0 amide bonds. The molecule has 0 unspecified atom stereocenters. The summed E-state index contributed by atoms with van der Waals surface area (Å²) in [5.74, 6) is 2.00. The molecule has 122 valence electrons. The summed E-state index contributed by atoms with van der Waals surface area (Å²) in [6.07, 6.45) is 6.68. The molecule has 0 radical (unpaired) electrons. The molecule has 23 heavy (non-hydrogen) atoms. The summed E-state index contributed by atoms with van der Waals surface area (Å²) in [6, 6.07) is 5.77. The highest BCUT2D eigenvalue weighted by atomic mass is 32.1. The number of ether oxygens (including phenoxy) is 2. The zero-order valence-corrected chi connectivity index (χ0v) is 13.8. The summed E-state index contributed by atoms with van der Waals surface area (Å²) in [5.41, 5.74) is 9.35. The minimum atomic E-state index is 0.285. The van der Waals surface area contributed by atoms with Gasteiger partial charge in [-0.05, 0) is 49.4 Å². The third-order valence-electron chi connectivity index (χ3n) is 3.68. The number of hydrazone groups is 1. The third-order valence-corrected chi connectivity index (χ3v) is 4.44. The van der Waals surface area contributed by atoms with Crippen molar-refractivity contribution in [3.8, 4) is 11.5 Å². The molecule has 1 heterocycles. The van der Waals surface area contributed by atoms with Gasteiger partial charge < -0.3 is 15.2 Å². The molecule has 3 rings (SSSR count). The number of nitrogen functional groups attached to an aromatic ring is 1. The second kappa shape index (κ2) is 7.32. The predicted octanol–water partition coefficient (Wildman–Crippen LogP) is 3.50. The van der Waals surface area contributed by atoms with E-state index in [0.29, 0.717) is 10.9 Å². The van der Waals surface area contributed by atoms with Crippen molar-refractivity contribution in [3.05, 3.63) is 29.1 Å². The maximum Gasteiger partial charge on any atom is 0.205 e. The molecule has 2 aromatic rings. The Bertz CT molecular complexity index is 680. The van der Waals surface area contributed by atoms with Crippen LogP contribution in [0.25, 0.3) is 0 Å². The Hall–Kier alpha value is -2.28. The van der Waals surface area contributed by atoms with E-state index in [0.717, 1.165) is 29.9 Å². The fraction of sp³-hybridized carbons (Fsp3) is 0.375. The lowest BCUT2D eigenvalue weighted by atomic mass is 10.2.